The number of nitrogens with one attached hydrogen (secondary N) is 2. The topological polar surface area (TPSA) is 71.1 Å². The van der Waals surface area contributed by atoms with Gasteiger partial charge in [0.1, 0.15) is 5.01 Å². The largest absolute Gasteiger partial charge is 0.349 e. The van der Waals surface area contributed by atoms with Crippen LogP contribution in [0.1, 0.15) is 40.0 Å². The second-order valence-corrected chi connectivity index (χ2v) is 8.37. The lowest BCUT2D eigenvalue weighted by Crippen LogP contribution is -2.25. The Morgan fingerprint density at radius 2 is 1.86 bits per heavy atom. The average Bonchev–Trinajstić information content (AvgIpc) is 3.39. The number of aromatic nitrogens is 1. The predicted molar refractivity (Wildman–Crippen MR) is 116 cm³/mol. The number of aryl methyl sites for hydroxylation is 2. The first-order valence-corrected chi connectivity index (χ1v) is 10.6. The summed E-state index contributed by atoms with van der Waals surface area (Å²) < 4.78 is 0. The molecule has 1 aliphatic carbocycles. The normalized spacial score (nSPS) is 13.2. The third kappa shape index (κ3) is 4.90. The van der Waals surface area contributed by atoms with Gasteiger partial charge in [-0.3, -0.25) is 9.59 Å². The highest BCUT2D eigenvalue weighted by Gasteiger charge is 2.24. The first kappa shape index (κ1) is 19.3. The molecule has 0 atom stereocenters. The average molecular weight is 406 g/mol. The Kier molecular flexibility index (Phi) is 5.45. The van der Waals surface area contributed by atoms with Crippen LogP contribution in [0.3, 0.4) is 0 Å². The van der Waals surface area contributed by atoms with E-state index in [0.29, 0.717) is 17.3 Å². The van der Waals surface area contributed by atoms with E-state index >= 15 is 0 Å². The monoisotopic (exact) mass is 405 g/mol. The molecule has 0 unspecified atom stereocenters. The van der Waals surface area contributed by atoms with Gasteiger partial charge in [0.15, 0.2) is 0 Å². The maximum atomic E-state index is 12.5. The molecule has 1 fully saturated rings. The minimum atomic E-state index is -0.145. The molecule has 0 spiro atoms. The summed E-state index contributed by atoms with van der Waals surface area (Å²) >= 11 is 1.53. The summed E-state index contributed by atoms with van der Waals surface area (Å²) in [7, 11) is 0. The molecule has 148 valence electrons. The minimum Gasteiger partial charge on any atom is -0.349 e. The highest BCUT2D eigenvalue weighted by molar-refractivity contribution is 7.13. The van der Waals surface area contributed by atoms with Crippen LogP contribution in [0.5, 0.6) is 0 Å². The molecule has 6 heteroatoms. The summed E-state index contributed by atoms with van der Waals surface area (Å²) in [4.78, 5) is 29.4. The molecule has 2 amide bonds. The van der Waals surface area contributed by atoms with Crippen molar-refractivity contribution in [1.82, 2.24) is 10.3 Å². The molecule has 5 nitrogen and oxygen atoms in total. The van der Waals surface area contributed by atoms with E-state index in [9.17, 15) is 9.59 Å². The maximum Gasteiger partial charge on any atom is 0.251 e. The highest BCUT2D eigenvalue weighted by atomic mass is 32.1. The number of nitrogens with zero attached hydrogens (tertiary/aromatic N) is 1. The Labute approximate surface area is 174 Å². The molecule has 1 aromatic heterocycles. The SMILES string of the molecule is Cc1ccc(-c2nc(CC(=O)Nc3cc(C(=O)NC4CC4)ccc3C)cs2)cc1. The lowest BCUT2D eigenvalue weighted by Gasteiger charge is -2.10. The summed E-state index contributed by atoms with van der Waals surface area (Å²) in [6, 6.07) is 13.9. The van der Waals surface area contributed by atoms with Crippen molar-refractivity contribution in [3.63, 3.8) is 0 Å². The van der Waals surface area contributed by atoms with Gasteiger partial charge in [-0.2, -0.15) is 0 Å². The van der Waals surface area contributed by atoms with Crippen molar-refractivity contribution < 1.29 is 9.59 Å². The van der Waals surface area contributed by atoms with Gasteiger partial charge in [0.25, 0.3) is 5.91 Å². The summed E-state index contributed by atoms with van der Waals surface area (Å²) in [6.07, 6.45) is 2.28. The van der Waals surface area contributed by atoms with Crippen LogP contribution >= 0.6 is 11.3 Å². The molecule has 4 rings (SSSR count). The number of hydrogen-bond donors (Lipinski definition) is 2. The standard InChI is InChI=1S/C23H23N3O2S/c1-14-3-6-16(7-4-14)23-25-19(13-29-23)12-21(27)26-20-11-17(8-5-15(20)2)22(28)24-18-9-10-18/h3-8,11,13,18H,9-10,12H2,1-2H3,(H,24,28)(H,26,27). The fraction of sp³-hybridized carbons (Fsp3) is 0.261. The van der Waals surface area contributed by atoms with Gasteiger partial charge in [-0.05, 0) is 44.4 Å². The zero-order chi connectivity index (χ0) is 20.4. The second-order valence-electron chi connectivity index (χ2n) is 7.51. The first-order chi connectivity index (χ1) is 14.0. The highest BCUT2D eigenvalue weighted by Crippen LogP contribution is 2.25. The third-order valence-corrected chi connectivity index (χ3v) is 5.82. The number of thiazole rings is 1. The van der Waals surface area contributed by atoms with Crippen LogP contribution in [-0.4, -0.2) is 22.8 Å². The molecule has 2 aromatic carbocycles. The maximum absolute atomic E-state index is 12.5. The van der Waals surface area contributed by atoms with Gasteiger partial charge in [-0.25, -0.2) is 4.98 Å². The number of rotatable bonds is 6. The molecule has 2 N–H and O–H groups in total. The molecule has 29 heavy (non-hydrogen) atoms. The minimum absolute atomic E-state index is 0.0924. The number of anilines is 1. The molecule has 3 aromatic rings. The van der Waals surface area contributed by atoms with Crippen LogP contribution in [0.15, 0.2) is 47.8 Å². The van der Waals surface area contributed by atoms with E-state index in [1.165, 1.54) is 16.9 Å². The van der Waals surface area contributed by atoms with E-state index in [4.69, 9.17) is 0 Å². The fourth-order valence-electron chi connectivity index (χ4n) is 2.97. The van der Waals surface area contributed by atoms with Crippen LogP contribution in [0, 0.1) is 13.8 Å². The second kappa shape index (κ2) is 8.17. The Morgan fingerprint density at radius 1 is 1.10 bits per heavy atom. The van der Waals surface area contributed by atoms with Crippen molar-refractivity contribution >= 4 is 28.8 Å². The summed E-state index contributed by atoms with van der Waals surface area (Å²) in [5.41, 5.74) is 5.13. The molecule has 1 saturated carbocycles. The molecule has 0 aliphatic heterocycles. The Morgan fingerprint density at radius 3 is 2.59 bits per heavy atom. The van der Waals surface area contributed by atoms with Crippen molar-refractivity contribution in [2.24, 2.45) is 0 Å². The van der Waals surface area contributed by atoms with Crippen molar-refractivity contribution in [1.29, 1.82) is 0 Å². The van der Waals surface area contributed by atoms with E-state index in [1.54, 1.807) is 12.1 Å². The van der Waals surface area contributed by atoms with E-state index in [1.807, 2.05) is 37.4 Å². The Balaban J connectivity index is 1.42. The molecular formula is C23H23N3O2S. The van der Waals surface area contributed by atoms with Crippen molar-refractivity contribution in [2.75, 3.05) is 5.32 Å². The van der Waals surface area contributed by atoms with Crippen molar-refractivity contribution in [3.8, 4) is 10.6 Å². The van der Waals surface area contributed by atoms with E-state index in [2.05, 4.69) is 27.8 Å². The zero-order valence-corrected chi connectivity index (χ0v) is 17.3. The van der Waals surface area contributed by atoms with Gasteiger partial charge in [0.2, 0.25) is 5.91 Å². The number of benzene rings is 2. The molecule has 1 aliphatic rings. The van der Waals surface area contributed by atoms with Crippen LogP contribution in [0.2, 0.25) is 0 Å². The first-order valence-electron chi connectivity index (χ1n) is 9.71. The number of hydrogen-bond acceptors (Lipinski definition) is 4. The van der Waals surface area contributed by atoms with Crippen LogP contribution in [0.25, 0.3) is 10.6 Å². The van der Waals surface area contributed by atoms with Crippen LogP contribution < -0.4 is 10.6 Å². The molecule has 0 radical (unpaired) electrons. The third-order valence-electron chi connectivity index (χ3n) is 4.88. The van der Waals surface area contributed by atoms with Crippen LogP contribution in [-0.2, 0) is 11.2 Å². The number of amides is 2. The molecule has 0 bridgehead atoms. The lowest BCUT2D eigenvalue weighted by atomic mass is 10.1. The van der Waals surface area contributed by atoms with Crippen LogP contribution in [0.4, 0.5) is 5.69 Å². The summed E-state index contributed by atoms with van der Waals surface area (Å²) in [5, 5.41) is 8.72. The number of carbonyl (C=O) groups excluding carboxylic acids is 2. The van der Waals surface area contributed by atoms with Crippen molar-refractivity contribution in [3.05, 3.63) is 70.2 Å². The van der Waals surface area contributed by atoms with Crippen molar-refractivity contribution in [2.45, 2.75) is 39.2 Å². The Hall–Kier alpha value is -2.99. The molecule has 1 heterocycles. The smallest absolute Gasteiger partial charge is 0.251 e. The summed E-state index contributed by atoms with van der Waals surface area (Å²) in [5.74, 6) is -0.237. The fourth-order valence-corrected chi connectivity index (χ4v) is 3.80. The van der Waals surface area contributed by atoms with Gasteiger partial charge in [-0.15, -0.1) is 11.3 Å². The summed E-state index contributed by atoms with van der Waals surface area (Å²) in [6.45, 7) is 3.96. The number of carbonyl (C=O) groups is 2. The van der Waals surface area contributed by atoms with Gasteiger partial charge in [0, 0.05) is 28.2 Å². The Bertz CT molecular complexity index is 1050. The van der Waals surface area contributed by atoms with E-state index in [-0.39, 0.29) is 18.2 Å². The van der Waals surface area contributed by atoms with Gasteiger partial charge < -0.3 is 10.6 Å². The van der Waals surface area contributed by atoms with Gasteiger partial charge in [-0.1, -0.05) is 35.9 Å². The van der Waals surface area contributed by atoms with Gasteiger partial charge in [0.05, 0.1) is 12.1 Å². The van der Waals surface area contributed by atoms with Gasteiger partial charge >= 0.3 is 0 Å². The predicted octanol–water partition coefficient (Wildman–Crippen LogP) is 4.50. The molecule has 0 saturated heterocycles. The van der Waals surface area contributed by atoms with E-state index in [0.717, 1.165) is 34.7 Å². The zero-order valence-electron chi connectivity index (χ0n) is 16.5. The lowest BCUT2D eigenvalue weighted by molar-refractivity contribution is -0.115. The molecular weight excluding hydrogens is 382 g/mol. The quantitative estimate of drug-likeness (QED) is 0.634. The van der Waals surface area contributed by atoms with E-state index < -0.39 is 0 Å².